The number of nitrogens with zero attached hydrogens (tertiary/aromatic N) is 1. The number of rotatable bonds is 1. The Kier molecular flexibility index (Phi) is 4.04. The maximum atomic E-state index is 14.7. The number of carbonyl (C=O) groups is 1. The second-order valence-corrected chi connectivity index (χ2v) is 8.02. The molecule has 1 aliphatic rings. The zero-order chi connectivity index (χ0) is 17.6. The first-order valence-electron chi connectivity index (χ1n) is 6.49. The average Bonchev–Trinajstić information content (AvgIpc) is 2.38. The summed E-state index contributed by atoms with van der Waals surface area (Å²) >= 11 is 0. The van der Waals surface area contributed by atoms with Gasteiger partial charge in [0.25, 0.3) is 5.00 Å². The number of aliphatic imine (C=N–C) groups is 1. The quantitative estimate of drug-likeness (QED) is 0.498. The lowest BCUT2D eigenvalue weighted by Gasteiger charge is -2.50. The molecule has 0 unspecified atom stereocenters. The molecule has 0 aromatic heterocycles. The molecule has 128 valence electrons. The Labute approximate surface area is 132 Å². The largest absolute Gasteiger partial charge is 0.465 e. The molecule has 0 radical (unpaired) electrons. The predicted octanol–water partition coefficient (Wildman–Crippen LogP) is 2.74. The molecule has 1 aromatic rings. The van der Waals surface area contributed by atoms with Crippen molar-refractivity contribution in [1.29, 1.82) is 0 Å². The second-order valence-electron chi connectivity index (χ2n) is 5.63. The third kappa shape index (κ3) is 2.96. The van der Waals surface area contributed by atoms with E-state index in [1.807, 2.05) is 0 Å². The lowest BCUT2D eigenvalue weighted by molar-refractivity contribution is 0.198. The lowest BCUT2D eigenvalue weighted by Crippen LogP contribution is -2.54. The summed E-state index contributed by atoms with van der Waals surface area (Å²) in [4.78, 5) is 14.8. The molecule has 7 nitrogen and oxygen atoms in total. The number of anilines is 1. The first kappa shape index (κ1) is 17.4. The maximum absolute atomic E-state index is 14.7. The van der Waals surface area contributed by atoms with Crippen LogP contribution in [-0.2, 0) is 5.54 Å². The number of nitrogens with one attached hydrogen (secondary N) is 1. The van der Waals surface area contributed by atoms with Gasteiger partial charge in [-0.1, -0.05) is 0 Å². The zero-order valence-electron chi connectivity index (χ0n) is 12.4. The van der Waals surface area contributed by atoms with E-state index < -0.39 is 44.6 Å². The number of carboxylic acid groups (broad SMARTS) is 1. The van der Waals surface area contributed by atoms with Gasteiger partial charge in [0.2, 0.25) is 0 Å². The Morgan fingerprint density at radius 2 is 2.04 bits per heavy atom. The smallest absolute Gasteiger partial charge is 0.410 e. The van der Waals surface area contributed by atoms with Crippen LogP contribution < -0.4 is 11.1 Å². The Hall–Kier alpha value is -1.91. The van der Waals surface area contributed by atoms with Crippen LogP contribution in [-0.4, -0.2) is 36.9 Å². The minimum absolute atomic E-state index is 0.0855. The molecule has 0 bridgehead atoms. The molecule has 23 heavy (non-hydrogen) atoms. The summed E-state index contributed by atoms with van der Waals surface area (Å²) in [7, 11) is -3.97. The van der Waals surface area contributed by atoms with Gasteiger partial charge in [-0.05, 0) is 32.0 Å². The van der Waals surface area contributed by atoms with Crippen LogP contribution >= 0.6 is 10.6 Å². The van der Waals surface area contributed by atoms with E-state index in [1.165, 1.54) is 19.1 Å². The molecule has 1 aliphatic heterocycles. The minimum Gasteiger partial charge on any atom is -0.465 e. The summed E-state index contributed by atoms with van der Waals surface area (Å²) < 4.78 is 49.1. The fourth-order valence-electron chi connectivity index (χ4n) is 2.40. The first-order valence-corrected chi connectivity index (χ1v) is 8.21. The number of nitrogen functional groups attached to an aromatic ring is 1. The summed E-state index contributed by atoms with van der Waals surface area (Å²) in [5.41, 5.74) is 4.14. The van der Waals surface area contributed by atoms with Gasteiger partial charge in [0.1, 0.15) is 11.4 Å². The Balaban J connectivity index is 2.66. The number of halogens is 2. The fourth-order valence-corrected chi connectivity index (χ4v) is 4.08. The first-order chi connectivity index (χ1) is 10.4. The van der Waals surface area contributed by atoms with Gasteiger partial charge in [-0.2, -0.15) is 10.6 Å². The average molecular weight is 349 g/mol. The van der Waals surface area contributed by atoms with Gasteiger partial charge in [-0.15, -0.1) is 0 Å². The predicted molar refractivity (Wildman–Crippen MR) is 84.0 cm³/mol. The number of nitrogens with two attached hydrogens (primary N) is 1. The van der Waals surface area contributed by atoms with Crippen LogP contribution in [0.2, 0.25) is 0 Å². The molecule has 0 aliphatic carbocycles. The minimum atomic E-state index is -3.97. The molecule has 0 fully saturated rings. The summed E-state index contributed by atoms with van der Waals surface area (Å²) in [6.45, 7) is 2.16. The van der Waals surface area contributed by atoms with Crippen LogP contribution in [0.5, 0.6) is 0 Å². The third-order valence-corrected chi connectivity index (χ3v) is 6.06. The van der Waals surface area contributed by atoms with Gasteiger partial charge < -0.3 is 10.8 Å². The van der Waals surface area contributed by atoms with Crippen molar-refractivity contribution >= 4 is 28.2 Å². The van der Waals surface area contributed by atoms with Crippen molar-refractivity contribution in [2.75, 3.05) is 11.5 Å². The van der Waals surface area contributed by atoms with Crippen LogP contribution in [0.15, 0.2) is 23.2 Å². The highest BCUT2D eigenvalue weighted by atomic mass is 32.3. The van der Waals surface area contributed by atoms with E-state index in [1.54, 1.807) is 5.32 Å². The topological polar surface area (TPSA) is 128 Å². The van der Waals surface area contributed by atoms with E-state index in [4.69, 9.17) is 10.8 Å². The number of hydrogen-bond acceptors (Lipinski definition) is 5. The Morgan fingerprint density at radius 3 is 2.61 bits per heavy atom. The van der Waals surface area contributed by atoms with Crippen molar-refractivity contribution in [3.05, 3.63) is 29.6 Å². The molecule has 6 N–H and O–H groups in total. The van der Waals surface area contributed by atoms with Gasteiger partial charge in [0, 0.05) is 11.3 Å². The van der Waals surface area contributed by atoms with E-state index in [2.05, 4.69) is 4.99 Å². The van der Waals surface area contributed by atoms with Crippen LogP contribution in [0, 0.1) is 5.82 Å². The Bertz CT molecular complexity index is 696. The normalized spacial score (nSPS) is 31.1. The van der Waals surface area contributed by atoms with Crippen molar-refractivity contribution in [3.8, 4) is 0 Å². The molecule has 1 amide bonds. The molecule has 0 saturated carbocycles. The number of benzene rings is 1. The van der Waals surface area contributed by atoms with E-state index in [-0.39, 0.29) is 11.3 Å². The SMILES string of the molecule is C[C@@]1(c2cc(N)ccc2F)CS(O)(O)[C@](C)(F)C(NC(=O)O)=N1. The van der Waals surface area contributed by atoms with Gasteiger partial charge in [0.15, 0.2) is 5.84 Å². The molecule has 2 rings (SSSR count). The second kappa shape index (κ2) is 5.32. The van der Waals surface area contributed by atoms with Gasteiger partial charge in [0.05, 0.1) is 5.75 Å². The molecule has 1 aromatic carbocycles. The highest BCUT2D eigenvalue weighted by molar-refractivity contribution is 8.26. The molecule has 10 heteroatoms. The van der Waals surface area contributed by atoms with E-state index >= 15 is 0 Å². The molecular formula is C13H17F2N3O4S. The Morgan fingerprint density at radius 1 is 1.43 bits per heavy atom. The van der Waals surface area contributed by atoms with Crippen molar-refractivity contribution in [3.63, 3.8) is 0 Å². The van der Waals surface area contributed by atoms with Gasteiger partial charge in [-0.3, -0.25) is 19.4 Å². The lowest BCUT2D eigenvalue weighted by atomic mass is 9.93. The summed E-state index contributed by atoms with van der Waals surface area (Å²) in [6.07, 6.45) is -1.62. The van der Waals surface area contributed by atoms with Crippen LogP contribution in [0.1, 0.15) is 19.4 Å². The van der Waals surface area contributed by atoms with Crippen molar-refractivity contribution in [2.24, 2.45) is 4.99 Å². The molecule has 2 atom stereocenters. The monoisotopic (exact) mass is 349 g/mol. The summed E-state index contributed by atoms with van der Waals surface area (Å²) in [6, 6.07) is 3.63. The number of hydrogen-bond donors (Lipinski definition) is 5. The fraction of sp³-hybridized carbons (Fsp3) is 0.385. The highest BCUT2D eigenvalue weighted by Crippen LogP contribution is 2.60. The molecular weight excluding hydrogens is 332 g/mol. The molecule has 0 spiro atoms. The zero-order valence-corrected chi connectivity index (χ0v) is 13.2. The van der Waals surface area contributed by atoms with Crippen LogP contribution in [0.4, 0.5) is 19.3 Å². The molecule has 1 heterocycles. The standard InChI is InChI=1S/C13H17F2N3O4S/c1-12(8-5-7(16)3-4-9(8)14)6-23(21,22)13(2,15)10(18-12)17-11(19)20/h3-5,21-22H,6,16H2,1-2H3,(H,17,18)(H,19,20)/t12-,13-/m0/s1. The number of amidine groups is 1. The van der Waals surface area contributed by atoms with Gasteiger partial charge in [-0.25, -0.2) is 13.6 Å². The third-order valence-electron chi connectivity index (χ3n) is 3.67. The van der Waals surface area contributed by atoms with E-state index in [9.17, 15) is 22.7 Å². The molecule has 0 saturated heterocycles. The number of alkyl halides is 1. The summed E-state index contributed by atoms with van der Waals surface area (Å²) in [5, 5.41) is 7.72. The van der Waals surface area contributed by atoms with Crippen LogP contribution in [0.25, 0.3) is 0 Å². The van der Waals surface area contributed by atoms with Crippen LogP contribution in [0.3, 0.4) is 0 Å². The summed E-state index contributed by atoms with van der Waals surface area (Å²) in [5.74, 6) is -2.13. The van der Waals surface area contributed by atoms with Crippen molar-refractivity contribution in [1.82, 2.24) is 5.32 Å². The highest BCUT2D eigenvalue weighted by Gasteiger charge is 2.54. The van der Waals surface area contributed by atoms with E-state index in [0.717, 1.165) is 13.0 Å². The number of amides is 1. The van der Waals surface area contributed by atoms with E-state index in [0.29, 0.717) is 0 Å². The van der Waals surface area contributed by atoms with Crippen molar-refractivity contribution in [2.45, 2.75) is 24.4 Å². The van der Waals surface area contributed by atoms with Crippen molar-refractivity contribution < 1.29 is 27.8 Å². The maximum Gasteiger partial charge on any atom is 0.410 e. The van der Waals surface area contributed by atoms with Gasteiger partial charge >= 0.3 is 6.09 Å².